The van der Waals surface area contributed by atoms with Crippen LogP contribution in [0.1, 0.15) is 11.5 Å². The van der Waals surface area contributed by atoms with E-state index in [4.69, 9.17) is 0 Å². The second-order valence-corrected chi connectivity index (χ2v) is 3.32. The van der Waals surface area contributed by atoms with Gasteiger partial charge in [0.05, 0.1) is 0 Å². The van der Waals surface area contributed by atoms with Crippen LogP contribution in [0.3, 0.4) is 0 Å². The normalized spacial score (nSPS) is 13.2. The number of alkyl halides is 3. The highest BCUT2D eigenvalue weighted by atomic mass is 19.4. The minimum absolute atomic E-state index is 0.158. The molecule has 0 aromatic heterocycles. The standard InChI is InChI=1S/C12H12F3O/c1-3-9(2)10-5-4-6-11(7-10)16-8-12(13,14)15/h3-7,9H,1-2,8H2. The summed E-state index contributed by atoms with van der Waals surface area (Å²) in [6.07, 6.45) is -2.71. The van der Waals surface area contributed by atoms with Gasteiger partial charge in [-0.3, -0.25) is 0 Å². The number of rotatable bonds is 4. The van der Waals surface area contributed by atoms with Gasteiger partial charge in [0.15, 0.2) is 6.61 Å². The molecule has 0 aliphatic carbocycles. The molecule has 0 aliphatic rings. The number of ether oxygens (including phenoxy) is 1. The molecule has 0 N–H and O–H groups in total. The predicted molar refractivity (Wildman–Crippen MR) is 56.3 cm³/mol. The van der Waals surface area contributed by atoms with E-state index in [1.807, 2.05) is 0 Å². The van der Waals surface area contributed by atoms with Crippen molar-refractivity contribution >= 4 is 0 Å². The van der Waals surface area contributed by atoms with Crippen LogP contribution >= 0.6 is 0 Å². The molecule has 1 aromatic rings. The molecule has 87 valence electrons. The lowest BCUT2D eigenvalue weighted by molar-refractivity contribution is -0.153. The molecule has 0 aliphatic heterocycles. The zero-order valence-corrected chi connectivity index (χ0v) is 8.63. The Morgan fingerprint density at radius 1 is 1.38 bits per heavy atom. The molecule has 1 aromatic carbocycles. The van der Waals surface area contributed by atoms with Gasteiger partial charge in [0.1, 0.15) is 5.75 Å². The average molecular weight is 229 g/mol. The lowest BCUT2D eigenvalue weighted by Gasteiger charge is -2.11. The van der Waals surface area contributed by atoms with Crippen LogP contribution in [0, 0.1) is 6.92 Å². The lowest BCUT2D eigenvalue weighted by atomic mass is 10.0. The summed E-state index contributed by atoms with van der Waals surface area (Å²) < 4.78 is 40.4. The predicted octanol–water partition coefficient (Wildman–Crippen LogP) is 3.73. The number of halogens is 3. The van der Waals surface area contributed by atoms with Crippen LogP contribution in [-0.4, -0.2) is 12.8 Å². The first-order chi connectivity index (χ1) is 7.42. The zero-order valence-electron chi connectivity index (χ0n) is 8.63. The summed E-state index contributed by atoms with van der Waals surface area (Å²) in [6, 6.07) is 6.40. The van der Waals surface area contributed by atoms with Crippen LogP contribution in [0.4, 0.5) is 13.2 Å². The Balaban J connectivity index is 2.71. The SMILES string of the molecule is [CH2]C(C=C)c1cccc(OCC(F)(F)F)c1. The topological polar surface area (TPSA) is 9.23 Å². The Labute approximate surface area is 92.5 Å². The van der Waals surface area contributed by atoms with Crippen LogP contribution in [-0.2, 0) is 0 Å². The zero-order chi connectivity index (χ0) is 12.2. The van der Waals surface area contributed by atoms with E-state index in [2.05, 4.69) is 18.2 Å². The molecule has 1 rings (SSSR count). The first-order valence-corrected chi connectivity index (χ1v) is 4.67. The average Bonchev–Trinajstić information content (AvgIpc) is 2.25. The first-order valence-electron chi connectivity index (χ1n) is 4.67. The maximum atomic E-state index is 11.9. The summed E-state index contributed by atoms with van der Waals surface area (Å²) in [6.45, 7) is 6.06. The van der Waals surface area contributed by atoms with Crippen molar-refractivity contribution in [3.63, 3.8) is 0 Å². The van der Waals surface area contributed by atoms with Gasteiger partial charge in [-0.1, -0.05) is 18.2 Å². The molecule has 0 heterocycles. The third-order valence-electron chi connectivity index (χ3n) is 1.97. The van der Waals surface area contributed by atoms with E-state index in [-0.39, 0.29) is 11.7 Å². The van der Waals surface area contributed by atoms with Crippen molar-refractivity contribution in [1.82, 2.24) is 0 Å². The number of hydrogen-bond acceptors (Lipinski definition) is 1. The molecule has 4 heteroatoms. The molecule has 1 nitrogen and oxygen atoms in total. The quantitative estimate of drug-likeness (QED) is 0.715. The smallest absolute Gasteiger partial charge is 0.422 e. The number of benzene rings is 1. The second kappa shape index (κ2) is 5.05. The van der Waals surface area contributed by atoms with Gasteiger partial charge in [0.25, 0.3) is 0 Å². The maximum absolute atomic E-state index is 11.9. The van der Waals surface area contributed by atoms with Crippen LogP contribution in [0.5, 0.6) is 5.75 Å². The van der Waals surface area contributed by atoms with Gasteiger partial charge in [0, 0.05) is 5.92 Å². The molecule has 1 unspecified atom stereocenters. The molecule has 0 fully saturated rings. The van der Waals surface area contributed by atoms with Crippen molar-refractivity contribution in [1.29, 1.82) is 0 Å². The molecular formula is C12H12F3O. The third kappa shape index (κ3) is 3.96. The van der Waals surface area contributed by atoms with Crippen LogP contribution in [0.2, 0.25) is 0 Å². The molecule has 0 amide bonds. The van der Waals surface area contributed by atoms with Crippen molar-refractivity contribution in [3.05, 3.63) is 49.4 Å². The Bertz CT molecular complexity index is 358. The molecule has 0 bridgehead atoms. The van der Waals surface area contributed by atoms with E-state index in [0.29, 0.717) is 0 Å². The molecule has 0 saturated carbocycles. The molecule has 16 heavy (non-hydrogen) atoms. The van der Waals surface area contributed by atoms with Gasteiger partial charge in [0.2, 0.25) is 0 Å². The van der Waals surface area contributed by atoms with Crippen molar-refractivity contribution in [2.24, 2.45) is 0 Å². The molecule has 1 radical (unpaired) electrons. The van der Waals surface area contributed by atoms with Crippen molar-refractivity contribution < 1.29 is 17.9 Å². The molecule has 0 saturated heterocycles. The first kappa shape index (κ1) is 12.6. The summed E-state index contributed by atoms with van der Waals surface area (Å²) in [5, 5.41) is 0. The summed E-state index contributed by atoms with van der Waals surface area (Å²) in [4.78, 5) is 0. The fourth-order valence-electron chi connectivity index (χ4n) is 1.14. The minimum atomic E-state index is -4.32. The van der Waals surface area contributed by atoms with E-state index in [9.17, 15) is 13.2 Å². The van der Waals surface area contributed by atoms with E-state index >= 15 is 0 Å². The fraction of sp³-hybridized carbons (Fsp3) is 0.250. The summed E-state index contributed by atoms with van der Waals surface area (Å²) in [5.74, 6) is 0.0276. The van der Waals surface area contributed by atoms with E-state index in [0.717, 1.165) is 5.56 Å². The monoisotopic (exact) mass is 229 g/mol. The maximum Gasteiger partial charge on any atom is 0.422 e. The van der Waals surface area contributed by atoms with Gasteiger partial charge in [-0.2, -0.15) is 13.2 Å². The highest BCUT2D eigenvalue weighted by Crippen LogP contribution is 2.23. The van der Waals surface area contributed by atoms with E-state index in [1.54, 1.807) is 18.2 Å². The van der Waals surface area contributed by atoms with Crippen LogP contribution < -0.4 is 4.74 Å². The van der Waals surface area contributed by atoms with Gasteiger partial charge in [-0.05, 0) is 24.6 Å². The number of hydrogen-bond donors (Lipinski definition) is 0. The lowest BCUT2D eigenvalue weighted by Crippen LogP contribution is -2.19. The molecule has 0 spiro atoms. The van der Waals surface area contributed by atoms with Crippen LogP contribution in [0.15, 0.2) is 36.9 Å². The molecular weight excluding hydrogens is 217 g/mol. The van der Waals surface area contributed by atoms with Gasteiger partial charge >= 0.3 is 6.18 Å². The Hall–Kier alpha value is -1.45. The fourth-order valence-corrected chi connectivity index (χ4v) is 1.14. The van der Waals surface area contributed by atoms with Gasteiger partial charge in [-0.25, -0.2) is 0 Å². The second-order valence-electron chi connectivity index (χ2n) is 3.32. The van der Waals surface area contributed by atoms with E-state index < -0.39 is 12.8 Å². The largest absolute Gasteiger partial charge is 0.484 e. The third-order valence-corrected chi connectivity index (χ3v) is 1.97. The van der Waals surface area contributed by atoms with Crippen molar-refractivity contribution in [3.8, 4) is 5.75 Å². The van der Waals surface area contributed by atoms with Gasteiger partial charge < -0.3 is 4.74 Å². The van der Waals surface area contributed by atoms with E-state index in [1.165, 1.54) is 12.1 Å². The van der Waals surface area contributed by atoms with Crippen molar-refractivity contribution in [2.45, 2.75) is 12.1 Å². The summed E-state index contributed by atoms with van der Waals surface area (Å²) in [7, 11) is 0. The summed E-state index contributed by atoms with van der Waals surface area (Å²) in [5.41, 5.74) is 0.773. The highest BCUT2D eigenvalue weighted by molar-refractivity contribution is 5.33. The molecule has 1 atom stereocenters. The summed E-state index contributed by atoms with van der Waals surface area (Å²) >= 11 is 0. The van der Waals surface area contributed by atoms with Gasteiger partial charge in [-0.15, -0.1) is 6.58 Å². The minimum Gasteiger partial charge on any atom is -0.484 e. The highest BCUT2D eigenvalue weighted by Gasteiger charge is 2.28. The Morgan fingerprint density at radius 3 is 2.62 bits per heavy atom. The van der Waals surface area contributed by atoms with Crippen LogP contribution in [0.25, 0.3) is 0 Å². The number of allylic oxidation sites excluding steroid dienone is 1. The Kier molecular flexibility index (Phi) is 3.99. The van der Waals surface area contributed by atoms with Crippen molar-refractivity contribution in [2.75, 3.05) is 6.61 Å². The Morgan fingerprint density at radius 2 is 2.06 bits per heavy atom.